The molecule has 0 aliphatic heterocycles. The molecule has 0 aliphatic rings. The highest BCUT2D eigenvalue weighted by atomic mass is 32.2. The summed E-state index contributed by atoms with van der Waals surface area (Å²) in [6.45, 7) is 5.35. The van der Waals surface area contributed by atoms with Crippen molar-refractivity contribution in [3.63, 3.8) is 0 Å². The van der Waals surface area contributed by atoms with Crippen LogP contribution in [0.15, 0.2) is 23.1 Å². The summed E-state index contributed by atoms with van der Waals surface area (Å²) in [6.07, 6.45) is 0. The van der Waals surface area contributed by atoms with Gasteiger partial charge in [0, 0.05) is 12.1 Å². The predicted molar refractivity (Wildman–Crippen MR) is 67.7 cm³/mol. The van der Waals surface area contributed by atoms with E-state index in [4.69, 9.17) is 0 Å². The Morgan fingerprint density at radius 1 is 1.32 bits per heavy atom. The van der Waals surface area contributed by atoms with Crippen molar-refractivity contribution >= 4 is 15.7 Å². The topological polar surface area (TPSA) is 89.3 Å². The van der Waals surface area contributed by atoms with Crippen molar-refractivity contribution in [1.82, 2.24) is 4.72 Å². The van der Waals surface area contributed by atoms with Gasteiger partial charge in [0.25, 0.3) is 0 Å². The Morgan fingerprint density at radius 2 is 1.89 bits per heavy atom. The normalized spacial score (nSPS) is 13.5. The van der Waals surface area contributed by atoms with Crippen LogP contribution in [-0.2, 0) is 10.0 Å². The third-order valence-electron chi connectivity index (χ3n) is 2.77. The van der Waals surface area contributed by atoms with Gasteiger partial charge in [0.15, 0.2) is 0 Å². The van der Waals surface area contributed by atoms with E-state index in [1.54, 1.807) is 6.92 Å². The van der Waals surface area contributed by atoms with E-state index in [1.165, 1.54) is 0 Å². The lowest BCUT2D eigenvalue weighted by Gasteiger charge is -2.17. The zero-order valence-electron chi connectivity index (χ0n) is 10.8. The predicted octanol–water partition coefficient (Wildman–Crippen LogP) is 2.06. The first-order valence-electron chi connectivity index (χ1n) is 5.61. The summed E-state index contributed by atoms with van der Waals surface area (Å²) in [5.74, 6) is -1.01. The Morgan fingerprint density at radius 3 is 2.37 bits per heavy atom. The Labute approximate surface area is 110 Å². The van der Waals surface area contributed by atoms with E-state index in [0.29, 0.717) is 6.07 Å². The van der Waals surface area contributed by atoms with Gasteiger partial charge in [-0.25, -0.2) is 13.1 Å². The van der Waals surface area contributed by atoms with E-state index in [0.717, 1.165) is 12.1 Å². The number of nitrogens with zero attached hydrogens (tertiary/aromatic N) is 1. The van der Waals surface area contributed by atoms with Crippen LogP contribution >= 0.6 is 0 Å². The Kier molecular flexibility index (Phi) is 4.59. The van der Waals surface area contributed by atoms with Gasteiger partial charge in [0.05, 0.1) is 9.82 Å². The van der Waals surface area contributed by atoms with Crippen LogP contribution in [0.25, 0.3) is 0 Å². The molecule has 0 aliphatic carbocycles. The summed E-state index contributed by atoms with van der Waals surface area (Å²) < 4.78 is 39.5. The largest absolute Gasteiger partial charge is 0.306 e. The molecule has 0 aromatic heterocycles. The lowest BCUT2D eigenvalue weighted by Crippen LogP contribution is -2.36. The van der Waals surface area contributed by atoms with Gasteiger partial charge in [0.1, 0.15) is 0 Å². The van der Waals surface area contributed by atoms with Gasteiger partial charge in [0.2, 0.25) is 15.8 Å². The minimum Gasteiger partial charge on any atom is -0.258 e. The van der Waals surface area contributed by atoms with Gasteiger partial charge in [-0.3, -0.25) is 10.1 Å². The van der Waals surface area contributed by atoms with Crippen molar-refractivity contribution in [3.05, 3.63) is 34.1 Å². The minimum atomic E-state index is -3.90. The molecule has 0 unspecified atom stereocenters. The highest BCUT2D eigenvalue weighted by Gasteiger charge is 2.23. The lowest BCUT2D eigenvalue weighted by atomic mass is 10.1. The van der Waals surface area contributed by atoms with Crippen LogP contribution in [0, 0.1) is 21.8 Å². The first-order valence-corrected chi connectivity index (χ1v) is 7.09. The second-order valence-electron chi connectivity index (χ2n) is 4.52. The molecule has 0 saturated carbocycles. The Hall–Kier alpha value is -1.54. The van der Waals surface area contributed by atoms with Crippen LogP contribution in [0.3, 0.4) is 0 Å². The maximum atomic E-state index is 13.1. The van der Waals surface area contributed by atoms with E-state index >= 15 is 0 Å². The fraction of sp³-hybridized carbons (Fsp3) is 0.455. The maximum absolute atomic E-state index is 13.1. The fourth-order valence-corrected chi connectivity index (χ4v) is 2.66. The molecule has 0 saturated heterocycles. The van der Waals surface area contributed by atoms with Gasteiger partial charge in [-0.05, 0) is 25.0 Å². The molecular weight excluding hydrogens is 275 g/mol. The second kappa shape index (κ2) is 5.62. The van der Waals surface area contributed by atoms with Crippen molar-refractivity contribution in [3.8, 4) is 0 Å². The molecule has 0 bridgehead atoms. The van der Waals surface area contributed by atoms with E-state index in [-0.39, 0.29) is 16.9 Å². The highest BCUT2D eigenvalue weighted by Crippen LogP contribution is 2.21. The third kappa shape index (κ3) is 3.71. The summed E-state index contributed by atoms with van der Waals surface area (Å²) in [7, 11) is -3.90. The van der Waals surface area contributed by atoms with Crippen LogP contribution < -0.4 is 4.72 Å². The molecule has 106 valence electrons. The molecule has 8 heteroatoms. The first-order chi connectivity index (χ1) is 8.65. The monoisotopic (exact) mass is 290 g/mol. The number of hydrogen-bond acceptors (Lipinski definition) is 4. The van der Waals surface area contributed by atoms with Gasteiger partial charge in [-0.1, -0.05) is 13.8 Å². The molecule has 0 spiro atoms. The van der Waals surface area contributed by atoms with Gasteiger partial charge < -0.3 is 0 Å². The van der Waals surface area contributed by atoms with Crippen LogP contribution in [0.1, 0.15) is 20.8 Å². The molecule has 6 nitrogen and oxygen atoms in total. The lowest BCUT2D eigenvalue weighted by molar-refractivity contribution is -0.387. The Bertz CT molecular complexity index is 586. The van der Waals surface area contributed by atoms with Crippen molar-refractivity contribution in [2.75, 3.05) is 0 Å². The molecule has 1 rings (SSSR count). The molecule has 0 amide bonds. The number of rotatable bonds is 5. The van der Waals surface area contributed by atoms with E-state index in [9.17, 15) is 22.9 Å². The number of nitrogens with one attached hydrogen (secondary N) is 1. The highest BCUT2D eigenvalue weighted by molar-refractivity contribution is 7.89. The summed E-state index contributed by atoms with van der Waals surface area (Å²) in [5.41, 5.74) is -0.861. The Balaban J connectivity index is 3.16. The van der Waals surface area contributed by atoms with Crippen LogP contribution in [0.4, 0.5) is 10.1 Å². The molecule has 1 N–H and O–H groups in total. The number of nitro benzene ring substituents is 1. The number of sulfonamides is 1. The van der Waals surface area contributed by atoms with Crippen molar-refractivity contribution < 1.29 is 17.7 Å². The van der Waals surface area contributed by atoms with Crippen LogP contribution in [-0.4, -0.2) is 19.4 Å². The summed E-state index contributed by atoms with van der Waals surface area (Å²) in [6, 6.07) is 2.14. The first kappa shape index (κ1) is 15.5. The minimum absolute atomic E-state index is 0.0604. The average Bonchev–Trinajstić information content (AvgIpc) is 2.27. The summed E-state index contributed by atoms with van der Waals surface area (Å²) >= 11 is 0. The standard InChI is InChI=1S/C11H15FN2O4S/c1-7(2)8(3)13-19(17,18)9-4-5-10(12)11(6-9)14(15)16/h4-8,13H,1-3H3/t8-/m0/s1. The van der Waals surface area contributed by atoms with Gasteiger partial charge >= 0.3 is 5.69 Å². The molecule has 1 atom stereocenters. The molecule has 0 heterocycles. The second-order valence-corrected chi connectivity index (χ2v) is 6.24. The van der Waals surface area contributed by atoms with E-state index < -0.39 is 26.5 Å². The molecule has 0 fully saturated rings. The van der Waals surface area contributed by atoms with E-state index in [2.05, 4.69) is 4.72 Å². The average molecular weight is 290 g/mol. The fourth-order valence-electron chi connectivity index (χ4n) is 1.25. The number of benzene rings is 1. The molecule has 19 heavy (non-hydrogen) atoms. The van der Waals surface area contributed by atoms with Crippen LogP contribution in [0.5, 0.6) is 0 Å². The third-order valence-corrected chi connectivity index (χ3v) is 4.32. The zero-order valence-corrected chi connectivity index (χ0v) is 11.6. The quantitative estimate of drug-likeness (QED) is 0.664. The zero-order chi connectivity index (χ0) is 14.8. The number of hydrogen-bond donors (Lipinski definition) is 1. The smallest absolute Gasteiger partial charge is 0.258 e. The molecule has 0 radical (unpaired) electrons. The van der Waals surface area contributed by atoms with Gasteiger partial charge in [-0.15, -0.1) is 0 Å². The SMILES string of the molecule is CC(C)[C@H](C)NS(=O)(=O)c1ccc(F)c([N+](=O)[O-])c1. The van der Waals surface area contributed by atoms with Gasteiger partial charge in [-0.2, -0.15) is 4.39 Å². The number of halogens is 1. The van der Waals surface area contributed by atoms with Crippen molar-refractivity contribution in [1.29, 1.82) is 0 Å². The molecule has 1 aromatic carbocycles. The summed E-state index contributed by atoms with van der Waals surface area (Å²) in [4.78, 5) is 9.30. The van der Waals surface area contributed by atoms with Crippen molar-refractivity contribution in [2.24, 2.45) is 5.92 Å². The van der Waals surface area contributed by atoms with Crippen LogP contribution in [0.2, 0.25) is 0 Å². The molecular formula is C11H15FN2O4S. The maximum Gasteiger partial charge on any atom is 0.306 e. The molecule has 1 aromatic rings. The van der Waals surface area contributed by atoms with Crippen molar-refractivity contribution in [2.45, 2.75) is 31.7 Å². The number of nitro groups is 1. The van der Waals surface area contributed by atoms with E-state index in [1.807, 2.05) is 13.8 Å². The summed E-state index contributed by atoms with van der Waals surface area (Å²) in [5, 5.41) is 10.6.